The van der Waals surface area contributed by atoms with Crippen molar-refractivity contribution in [3.05, 3.63) is 0 Å². The monoisotopic (exact) mass is 270 g/mol. The minimum atomic E-state index is -0.989. The molecular formula is C13H22N2O4. The number of nitrogens with one attached hydrogen (secondary N) is 1. The second-order valence-electron chi connectivity index (χ2n) is 4.97. The summed E-state index contributed by atoms with van der Waals surface area (Å²) in [4.78, 5) is 35.9. The molecule has 1 atom stereocenters. The topological polar surface area (TPSA) is 86.7 Å². The number of carboxylic acid groups (broad SMARTS) is 1. The Kier molecular flexibility index (Phi) is 5.79. The van der Waals surface area contributed by atoms with Gasteiger partial charge >= 0.3 is 5.97 Å². The van der Waals surface area contributed by atoms with Gasteiger partial charge in [-0.05, 0) is 19.3 Å². The third kappa shape index (κ3) is 4.54. The fourth-order valence-corrected chi connectivity index (χ4v) is 2.29. The van der Waals surface area contributed by atoms with Gasteiger partial charge in [0, 0.05) is 25.9 Å². The summed E-state index contributed by atoms with van der Waals surface area (Å²) in [5.41, 5.74) is 0. The van der Waals surface area contributed by atoms with E-state index in [2.05, 4.69) is 5.32 Å². The van der Waals surface area contributed by atoms with Crippen LogP contribution in [-0.4, -0.2) is 46.9 Å². The summed E-state index contributed by atoms with van der Waals surface area (Å²) in [5.74, 6) is -1.36. The lowest BCUT2D eigenvalue weighted by molar-refractivity contribution is -0.143. The largest absolute Gasteiger partial charge is 0.480 e. The van der Waals surface area contributed by atoms with Crippen molar-refractivity contribution in [1.29, 1.82) is 0 Å². The van der Waals surface area contributed by atoms with Gasteiger partial charge in [-0.1, -0.05) is 13.3 Å². The van der Waals surface area contributed by atoms with Crippen LogP contribution in [0.2, 0.25) is 0 Å². The lowest BCUT2D eigenvalue weighted by atomic mass is 9.95. The van der Waals surface area contributed by atoms with Crippen molar-refractivity contribution in [2.45, 2.75) is 45.6 Å². The third-order valence-electron chi connectivity index (χ3n) is 3.50. The van der Waals surface area contributed by atoms with E-state index in [-0.39, 0.29) is 17.7 Å². The number of carbonyl (C=O) groups is 3. The minimum absolute atomic E-state index is 0.0215. The average Bonchev–Trinajstić information content (AvgIpc) is 2.38. The van der Waals surface area contributed by atoms with Gasteiger partial charge in [0.25, 0.3) is 0 Å². The number of carbonyl (C=O) groups excluding carboxylic acids is 2. The maximum Gasteiger partial charge on any atom is 0.326 e. The summed E-state index contributed by atoms with van der Waals surface area (Å²) in [7, 11) is 0. The molecule has 1 fully saturated rings. The zero-order chi connectivity index (χ0) is 14.4. The van der Waals surface area contributed by atoms with Crippen molar-refractivity contribution < 1.29 is 19.5 Å². The highest BCUT2D eigenvalue weighted by molar-refractivity contribution is 5.85. The summed E-state index contributed by atoms with van der Waals surface area (Å²) in [6, 6.07) is -0.802. The lowest BCUT2D eigenvalue weighted by Crippen LogP contribution is -2.47. The molecule has 1 rings (SSSR count). The standard InChI is InChI=1S/C13H22N2O4/c1-3-4-11(13(18)19)14-12(17)10-5-7-15(8-6-10)9(2)16/h10-11H,3-8H2,1-2H3,(H,14,17)(H,18,19)/t11-/m0/s1. The van der Waals surface area contributed by atoms with Gasteiger partial charge in [-0.15, -0.1) is 0 Å². The fraction of sp³-hybridized carbons (Fsp3) is 0.769. The fourth-order valence-electron chi connectivity index (χ4n) is 2.29. The Balaban J connectivity index is 2.46. The van der Waals surface area contributed by atoms with Gasteiger partial charge in [-0.2, -0.15) is 0 Å². The molecule has 6 heteroatoms. The van der Waals surface area contributed by atoms with Crippen molar-refractivity contribution in [2.24, 2.45) is 5.92 Å². The van der Waals surface area contributed by atoms with Crippen molar-refractivity contribution in [3.8, 4) is 0 Å². The van der Waals surface area contributed by atoms with Crippen LogP contribution in [0.1, 0.15) is 39.5 Å². The summed E-state index contributed by atoms with van der Waals surface area (Å²) >= 11 is 0. The van der Waals surface area contributed by atoms with E-state index in [1.165, 1.54) is 6.92 Å². The summed E-state index contributed by atoms with van der Waals surface area (Å²) in [5, 5.41) is 11.6. The molecule has 2 N–H and O–H groups in total. The van der Waals surface area contributed by atoms with E-state index in [0.29, 0.717) is 38.8 Å². The lowest BCUT2D eigenvalue weighted by Gasteiger charge is -2.31. The van der Waals surface area contributed by atoms with Gasteiger partial charge < -0.3 is 15.3 Å². The Morgan fingerprint density at radius 2 is 1.89 bits per heavy atom. The van der Waals surface area contributed by atoms with E-state index in [1.807, 2.05) is 6.92 Å². The number of nitrogens with zero attached hydrogens (tertiary/aromatic N) is 1. The minimum Gasteiger partial charge on any atom is -0.480 e. The van der Waals surface area contributed by atoms with Crippen LogP contribution in [0.25, 0.3) is 0 Å². The smallest absolute Gasteiger partial charge is 0.326 e. The quantitative estimate of drug-likeness (QED) is 0.766. The van der Waals surface area contributed by atoms with Crippen LogP contribution in [-0.2, 0) is 14.4 Å². The number of hydrogen-bond donors (Lipinski definition) is 2. The normalized spacial score (nSPS) is 17.9. The first kappa shape index (κ1) is 15.5. The molecule has 0 unspecified atom stereocenters. The van der Waals surface area contributed by atoms with Gasteiger partial charge in [0.15, 0.2) is 0 Å². The van der Waals surface area contributed by atoms with E-state index >= 15 is 0 Å². The molecule has 0 bridgehead atoms. The highest BCUT2D eigenvalue weighted by atomic mass is 16.4. The maximum atomic E-state index is 12.0. The van der Waals surface area contributed by atoms with Crippen LogP contribution in [0.5, 0.6) is 0 Å². The summed E-state index contributed by atoms with van der Waals surface area (Å²) in [6.07, 6.45) is 2.35. The summed E-state index contributed by atoms with van der Waals surface area (Å²) in [6.45, 7) is 4.54. The molecule has 0 saturated carbocycles. The van der Waals surface area contributed by atoms with Crippen LogP contribution >= 0.6 is 0 Å². The first-order valence-electron chi connectivity index (χ1n) is 6.74. The average molecular weight is 270 g/mol. The van der Waals surface area contributed by atoms with Gasteiger partial charge in [-0.3, -0.25) is 9.59 Å². The maximum absolute atomic E-state index is 12.0. The molecule has 2 amide bonds. The molecule has 0 aromatic heterocycles. The zero-order valence-corrected chi connectivity index (χ0v) is 11.5. The number of amides is 2. The van der Waals surface area contributed by atoms with E-state index in [9.17, 15) is 14.4 Å². The number of rotatable bonds is 5. The van der Waals surface area contributed by atoms with Crippen LogP contribution in [0, 0.1) is 5.92 Å². The molecule has 1 aliphatic heterocycles. The Morgan fingerprint density at radius 3 is 2.32 bits per heavy atom. The van der Waals surface area contributed by atoms with Gasteiger partial charge in [0.05, 0.1) is 0 Å². The first-order chi connectivity index (χ1) is 8.95. The highest BCUT2D eigenvalue weighted by Crippen LogP contribution is 2.17. The molecular weight excluding hydrogens is 248 g/mol. The molecule has 0 aromatic rings. The van der Waals surface area contributed by atoms with Crippen LogP contribution < -0.4 is 5.32 Å². The molecule has 19 heavy (non-hydrogen) atoms. The third-order valence-corrected chi connectivity index (χ3v) is 3.50. The van der Waals surface area contributed by atoms with Gasteiger partial charge in [0.2, 0.25) is 11.8 Å². The highest BCUT2D eigenvalue weighted by Gasteiger charge is 2.28. The predicted octanol–water partition coefficient (Wildman–Crippen LogP) is 0.614. The number of piperidine rings is 1. The predicted molar refractivity (Wildman–Crippen MR) is 69.5 cm³/mol. The van der Waals surface area contributed by atoms with Crippen molar-refractivity contribution >= 4 is 17.8 Å². The van der Waals surface area contributed by atoms with E-state index in [4.69, 9.17) is 5.11 Å². The Hall–Kier alpha value is -1.59. The number of aliphatic carboxylic acids is 1. The number of carboxylic acids is 1. The van der Waals surface area contributed by atoms with Crippen LogP contribution in [0.4, 0.5) is 0 Å². The van der Waals surface area contributed by atoms with Crippen LogP contribution in [0.15, 0.2) is 0 Å². The molecule has 0 aliphatic carbocycles. The van der Waals surface area contributed by atoms with Gasteiger partial charge in [0.1, 0.15) is 6.04 Å². The van der Waals surface area contributed by atoms with Crippen molar-refractivity contribution in [3.63, 3.8) is 0 Å². The second-order valence-corrected chi connectivity index (χ2v) is 4.97. The molecule has 0 spiro atoms. The van der Waals surface area contributed by atoms with E-state index in [1.54, 1.807) is 4.90 Å². The van der Waals surface area contributed by atoms with Crippen molar-refractivity contribution in [2.75, 3.05) is 13.1 Å². The number of likely N-dealkylation sites (tertiary alicyclic amines) is 1. The molecule has 1 saturated heterocycles. The number of hydrogen-bond acceptors (Lipinski definition) is 3. The van der Waals surface area contributed by atoms with Gasteiger partial charge in [-0.25, -0.2) is 4.79 Å². The first-order valence-corrected chi connectivity index (χ1v) is 6.74. The second kappa shape index (κ2) is 7.11. The molecule has 6 nitrogen and oxygen atoms in total. The zero-order valence-electron chi connectivity index (χ0n) is 11.5. The molecule has 0 radical (unpaired) electrons. The molecule has 108 valence electrons. The van der Waals surface area contributed by atoms with Crippen LogP contribution in [0.3, 0.4) is 0 Å². The Bertz CT molecular complexity index is 349. The molecule has 1 heterocycles. The molecule has 0 aromatic carbocycles. The molecule has 1 aliphatic rings. The summed E-state index contributed by atoms with van der Waals surface area (Å²) < 4.78 is 0. The Labute approximate surface area is 113 Å². The Morgan fingerprint density at radius 1 is 1.32 bits per heavy atom. The van der Waals surface area contributed by atoms with Crippen molar-refractivity contribution in [1.82, 2.24) is 10.2 Å². The van der Waals surface area contributed by atoms with E-state index < -0.39 is 12.0 Å². The SMILES string of the molecule is CCC[C@H](NC(=O)C1CCN(C(C)=O)CC1)C(=O)O. The van der Waals surface area contributed by atoms with E-state index in [0.717, 1.165) is 0 Å².